The fourth-order valence-electron chi connectivity index (χ4n) is 1.41. The van der Waals surface area contributed by atoms with Crippen LogP contribution in [0.4, 0.5) is 0 Å². The van der Waals surface area contributed by atoms with E-state index < -0.39 is 0 Å². The Balaban J connectivity index is -0.000000120. The van der Waals surface area contributed by atoms with Crippen LogP contribution in [0.1, 0.15) is 76.2 Å². The third kappa shape index (κ3) is 22.3. The monoisotopic (exact) mass is 491 g/mol. The second-order valence-electron chi connectivity index (χ2n) is 8.25. The smallest absolute Gasteiger partial charge is 0.120 e. The van der Waals surface area contributed by atoms with E-state index in [1.807, 2.05) is 0 Å². The number of rotatable bonds is 0. The van der Waals surface area contributed by atoms with Crippen molar-refractivity contribution in [1.82, 2.24) is 5.59 Å². The Bertz CT molecular complexity index is 199. The van der Waals surface area contributed by atoms with E-state index >= 15 is 0 Å². The molecule has 0 heterocycles. The number of hydrogen-bond donors (Lipinski definition) is 0. The SMILES string of the molecule is C[C]1[C](C)[C](C)[C](C)[C]1C.[CH2-]C(C)(C)C.[CH2-]C(C)(C)C.[N]=O.[W]. The van der Waals surface area contributed by atoms with Gasteiger partial charge in [-0.05, 0) is 29.6 Å². The van der Waals surface area contributed by atoms with Crippen molar-refractivity contribution in [2.75, 3.05) is 0 Å². The van der Waals surface area contributed by atoms with Crippen LogP contribution in [0, 0.1) is 59.2 Å². The first kappa shape index (κ1) is 31.1. The van der Waals surface area contributed by atoms with Gasteiger partial charge in [-0.3, -0.25) is 0 Å². The maximum Gasteiger partial charge on any atom is 0.120 e. The van der Waals surface area contributed by atoms with Crippen LogP contribution >= 0.6 is 0 Å². The largest absolute Gasteiger partial charge is 0.338 e. The summed E-state index contributed by atoms with van der Waals surface area (Å²) in [4.78, 5) is 7.25. The zero-order valence-corrected chi connectivity index (χ0v) is 20.1. The van der Waals surface area contributed by atoms with Crippen LogP contribution in [-0.4, -0.2) is 0 Å². The minimum atomic E-state index is 0. The molecule has 0 bridgehead atoms. The maximum atomic E-state index is 7.25. The zero-order chi connectivity index (χ0) is 18.9. The third-order valence-electron chi connectivity index (χ3n) is 2.81. The number of nitroso groups, excluding NO2 is 1. The predicted molar refractivity (Wildman–Crippen MR) is 99.7 cm³/mol. The average molecular weight is 491 g/mol. The quantitative estimate of drug-likeness (QED) is 0.369. The van der Waals surface area contributed by atoms with Crippen LogP contribution in [0.5, 0.6) is 0 Å². The van der Waals surface area contributed by atoms with Gasteiger partial charge in [-0.25, -0.2) is 0 Å². The normalized spacial score (nSPS) is 17.8. The molecule has 0 aromatic heterocycles. The Kier molecular flexibility index (Phi) is 18.3. The molecule has 0 spiro atoms. The van der Waals surface area contributed by atoms with E-state index in [-0.39, 0.29) is 31.9 Å². The van der Waals surface area contributed by atoms with E-state index in [9.17, 15) is 0 Å². The van der Waals surface area contributed by atoms with Gasteiger partial charge in [0, 0.05) is 21.1 Å². The van der Waals surface area contributed by atoms with Crippen LogP contribution in [0.25, 0.3) is 0 Å². The van der Waals surface area contributed by atoms with Gasteiger partial charge in [-0.1, -0.05) is 76.2 Å². The van der Waals surface area contributed by atoms with E-state index in [1.54, 1.807) is 0 Å². The van der Waals surface area contributed by atoms with Gasteiger partial charge in [-0.15, -0.1) is 4.91 Å². The minimum Gasteiger partial charge on any atom is -0.338 e. The number of hydrogen-bond acceptors (Lipinski definition) is 1. The van der Waals surface area contributed by atoms with Crippen LogP contribution in [-0.2, 0) is 21.1 Å². The van der Waals surface area contributed by atoms with Gasteiger partial charge < -0.3 is 13.8 Å². The molecule has 1 rings (SSSR count). The van der Waals surface area contributed by atoms with Crippen molar-refractivity contribution in [3.63, 3.8) is 0 Å². The van der Waals surface area contributed by atoms with Gasteiger partial charge in [0.25, 0.3) is 0 Å². The minimum absolute atomic E-state index is 0. The third-order valence-corrected chi connectivity index (χ3v) is 2.81. The van der Waals surface area contributed by atoms with Crippen molar-refractivity contribution in [1.29, 1.82) is 0 Å². The second kappa shape index (κ2) is 13.6. The van der Waals surface area contributed by atoms with E-state index in [1.165, 1.54) is 29.6 Å². The molecule has 1 aliphatic rings. The molecule has 0 unspecified atom stereocenters. The van der Waals surface area contributed by atoms with Crippen molar-refractivity contribution >= 4 is 0 Å². The van der Waals surface area contributed by atoms with E-state index in [0.717, 1.165) is 0 Å². The molecular weight excluding hydrogens is 454 g/mol. The van der Waals surface area contributed by atoms with E-state index in [2.05, 4.69) is 90.0 Å². The molecule has 0 saturated heterocycles. The van der Waals surface area contributed by atoms with Crippen molar-refractivity contribution in [3.05, 3.63) is 48.3 Å². The van der Waals surface area contributed by atoms with E-state index in [0.29, 0.717) is 0 Å². The molecule has 3 heteroatoms. The Morgan fingerprint density at radius 1 is 0.565 bits per heavy atom. The van der Waals surface area contributed by atoms with Gasteiger partial charge >= 0.3 is 0 Å². The molecule has 0 N–H and O–H groups in total. The molecule has 2 nitrogen and oxygen atoms in total. The summed E-state index contributed by atoms with van der Waals surface area (Å²) in [5, 5.41) is 0. The Labute approximate surface area is 162 Å². The summed E-state index contributed by atoms with van der Waals surface area (Å²) < 4.78 is 0. The topological polar surface area (TPSA) is 39.4 Å². The summed E-state index contributed by atoms with van der Waals surface area (Å²) in [6, 6.07) is 0. The van der Waals surface area contributed by atoms with Crippen LogP contribution < -0.4 is 5.59 Å². The summed E-state index contributed by atoms with van der Waals surface area (Å²) in [5.41, 5.74) is 6.25. The Morgan fingerprint density at radius 3 is 0.652 bits per heavy atom. The summed E-state index contributed by atoms with van der Waals surface area (Å²) in [6.45, 7) is 31.0. The van der Waals surface area contributed by atoms with Gasteiger partial charge in [-0.2, -0.15) is 10.8 Å². The molecule has 0 atom stereocenters. The van der Waals surface area contributed by atoms with E-state index in [4.69, 9.17) is 10.5 Å². The number of nitrogens with zero attached hydrogens (tertiary/aromatic N) is 1. The fraction of sp³-hybridized carbons (Fsp3) is 0.650. The molecule has 0 aromatic rings. The van der Waals surface area contributed by atoms with Crippen molar-refractivity contribution in [2.24, 2.45) is 10.8 Å². The second-order valence-corrected chi connectivity index (χ2v) is 8.25. The molecule has 1 aliphatic carbocycles. The zero-order valence-electron chi connectivity index (χ0n) is 17.2. The fourth-order valence-corrected chi connectivity index (χ4v) is 1.41. The van der Waals surface area contributed by atoms with Crippen LogP contribution in [0.2, 0.25) is 0 Å². The standard InChI is InChI=1S/C10H15.2C5H11.NO.W/c1-6-7(2)9(4)10(5)8(6)3;2*1-5(2,3)4;1-2;/h1-5H3;2*1H2,2-4H3;;/q;2*-1;;. The van der Waals surface area contributed by atoms with Crippen LogP contribution in [0.15, 0.2) is 0 Å². The first-order chi connectivity index (χ1) is 9.55. The van der Waals surface area contributed by atoms with Crippen molar-refractivity contribution in [2.45, 2.75) is 76.2 Å². The van der Waals surface area contributed by atoms with Gasteiger partial charge in [0.05, 0.1) is 0 Å². The molecule has 136 valence electrons. The molecule has 1 saturated carbocycles. The van der Waals surface area contributed by atoms with Gasteiger partial charge in [0.15, 0.2) is 0 Å². The summed E-state index contributed by atoms with van der Waals surface area (Å²) in [6.07, 6.45) is 0. The first-order valence-electron chi connectivity index (χ1n) is 7.64. The predicted octanol–water partition coefficient (Wildman–Crippen LogP) is 6.26. The maximum absolute atomic E-state index is 7.25. The molecule has 23 heavy (non-hydrogen) atoms. The Morgan fingerprint density at radius 2 is 0.609 bits per heavy atom. The summed E-state index contributed by atoms with van der Waals surface area (Å²) >= 11 is 0. The molecular formula is C20H37NOW-2. The summed E-state index contributed by atoms with van der Waals surface area (Å²) in [7, 11) is 0. The van der Waals surface area contributed by atoms with Crippen molar-refractivity contribution < 1.29 is 21.1 Å². The summed E-state index contributed by atoms with van der Waals surface area (Å²) in [5.74, 6) is 7.34. The van der Waals surface area contributed by atoms with Gasteiger partial charge in [0.1, 0.15) is 5.59 Å². The van der Waals surface area contributed by atoms with Crippen LogP contribution in [0.3, 0.4) is 0 Å². The molecule has 6 radical (unpaired) electrons. The van der Waals surface area contributed by atoms with Gasteiger partial charge in [0.2, 0.25) is 0 Å². The van der Waals surface area contributed by atoms with Crippen molar-refractivity contribution in [3.8, 4) is 0 Å². The average Bonchev–Trinajstić information content (AvgIpc) is 2.46. The Hall–Kier alpha value is 0.288. The molecule has 1 fully saturated rings. The molecule has 0 amide bonds. The molecule has 0 aliphatic heterocycles. The molecule has 0 aromatic carbocycles. The first-order valence-corrected chi connectivity index (χ1v) is 7.64.